The van der Waals surface area contributed by atoms with Crippen LogP contribution in [0.25, 0.3) is 0 Å². The quantitative estimate of drug-likeness (QED) is 0.327. The van der Waals surface area contributed by atoms with E-state index in [1.165, 1.54) is 33.5 Å². The number of para-hydroxylation sites is 1. The van der Waals surface area contributed by atoms with Crippen LogP contribution in [0.15, 0.2) is 76.7 Å². The summed E-state index contributed by atoms with van der Waals surface area (Å²) in [6, 6.07) is 14.6. The molecule has 0 saturated carbocycles. The average Bonchev–Trinajstić information content (AvgIpc) is 2.88. The third-order valence-electron chi connectivity index (χ3n) is 5.32. The minimum Gasteiger partial charge on any atom is -0.493 e. The summed E-state index contributed by atoms with van der Waals surface area (Å²) in [7, 11) is 0.0841. The van der Waals surface area contributed by atoms with E-state index in [1.54, 1.807) is 36.4 Å². The number of amides is 1. The van der Waals surface area contributed by atoms with Gasteiger partial charge in [-0.05, 0) is 48.0 Å². The summed E-state index contributed by atoms with van der Waals surface area (Å²) in [6.45, 7) is 0. The Kier molecular flexibility index (Phi) is 8.43. The van der Waals surface area contributed by atoms with Gasteiger partial charge in [-0.3, -0.25) is 9.10 Å². The van der Waals surface area contributed by atoms with Crippen molar-refractivity contribution in [3.8, 4) is 11.5 Å². The van der Waals surface area contributed by atoms with E-state index in [9.17, 15) is 26.4 Å². The van der Waals surface area contributed by atoms with Gasteiger partial charge in [-0.1, -0.05) is 24.3 Å². The molecule has 1 N–H and O–H groups in total. The normalized spacial score (nSPS) is 11.8. The van der Waals surface area contributed by atoms with Crippen LogP contribution >= 0.6 is 0 Å². The van der Waals surface area contributed by atoms with Crippen LogP contribution in [0, 0.1) is 0 Å². The molecule has 0 fully saturated rings. The molecule has 196 valence electrons. The molecule has 0 aliphatic heterocycles. The number of rotatable bonds is 9. The molecule has 0 aromatic heterocycles. The first-order valence-corrected chi connectivity index (χ1v) is 12.2. The number of hydrazone groups is 1. The highest BCUT2D eigenvalue weighted by molar-refractivity contribution is 7.92. The van der Waals surface area contributed by atoms with Gasteiger partial charge in [0.1, 0.15) is 0 Å². The first-order chi connectivity index (χ1) is 17.5. The molecule has 0 bridgehead atoms. The Bertz CT molecular complexity index is 1390. The topological polar surface area (TPSA) is 97.3 Å². The molecule has 0 aliphatic rings. The molecule has 12 heteroatoms. The fourth-order valence-corrected chi connectivity index (χ4v) is 4.60. The Morgan fingerprint density at radius 3 is 2.27 bits per heavy atom. The second-order valence-electron chi connectivity index (χ2n) is 7.71. The zero-order valence-electron chi connectivity index (χ0n) is 20.1. The van der Waals surface area contributed by atoms with Crippen LogP contribution in [-0.2, 0) is 27.4 Å². The lowest BCUT2D eigenvalue weighted by Crippen LogP contribution is -2.27. The van der Waals surface area contributed by atoms with E-state index < -0.39 is 27.7 Å². The van der Waals surface area contributed by atoms with Gasteiger partial charge in [-0.25, -0.2) is 13.8 Å². The molecule has 8 nitrogen and oxygen atoms in total. The van der Waals surface area contributed by atoms with Crippen LogP contribution in [-0.4, -0.2) is 41.8 Å². The molecular weight excluding hydrogens is 511 g/mol. The monoisotopic (exact) mass is 535 g/mol. The molecule has 0 atom stereocenters. The molecule has 1 amide bonds. The van der Waals surface area contributed by atoms with E-state index in [1.807, 2.05) is 0 Å². The van der Waals surface area contributed by atoms with Gasteiger partial charge < -0.3 is 9.47 Å². The number of nitrogens with zero attached hydrogens (tertiary/aromatic N) is 2. The molecule has 0 heterocycles. The number of alkyl halides is 3. The average molecular weight is 536 g/mol. The molecule has 3 rings (SSSR count). The number of methoxy groups -OCH3 is 2. The van der Waals surface area contributed by atoms with Gasteiger partial charge in [0.2, 0.25) is 5.91 Å². The minimum atomic E-state index is -4.58. The number of nitrogens with one attached hydrogen (secondary N) is 1. The molecule has 3 aromatic carbocycles. The van der Waals surface area contributed by atoms with Crippen LogP contribution in [0.2, 0.25) is 0 Å². The number of sulfonamides is 1. The lowest BCUT2D eigenvalue weighted by atomic mass is 10.1. The molecule has 0 saturated heterocycles. The van der Waals surface area contributed by atoms with Gasteiger partial charge in [0, 0.05) is 12.6 Å². The zero-order valence-corrected chi connectivity index (χ0v) is 20.9. The largest absolute Gasteiger partial charge is 0.493 e. The van der Waals surface area contributed by atoms with Gasteiger partial charge in [0.25, 0.3) is 10.0 Å². The van der Waals surface area contributed by atoms with Crippen LogP contribution in [0.3, 0.4) is 0 Å². The maximum Gasteiger partial charge on any atom is 0.416 e. The maximum absolute atomic E-state index is 13.0. The third kappa shape index (κ3) is 6.58. The molecule has 3 aromatic rings. The van der Waals surface area contributed by atoms with Crippen molar-refractivity contribution in [1.82, 2.24) is 5.43 Å². The summed E-state index contributed by atoms with van der Waals surface area (Å²) in [5.41, 5.74) is 2.66. The maximum atomic E-state index is 13.0. The van der Waals surface area contributed by atoms with Crippen molar-refractivity contribution >= 4 is 27.8 Å². The Labute approximate surface area is 212 Å². The molecule has 0 aliphatic carbocycles. The first-order valence-electron chi connectivity index (χ1n) is 10.8. The van der Waals surface area contributed by atoms with Crippen molar-refractivity contribution in [2.75, 3.05) is 25.6 Å². The summed E-state index contributed by atoms with van der Waals surface area (Å²) in [5.74, 6) is 0.575. The SMILES string of the molecule is COc1ccc(CC(=O)N/N=C\c2ccccc2N(C)S(=O)(=O)c2ccc(C(F)(F)F)cc2)cc1OC. The summed E-state index contributed by atoms with van der Waals surface area (Å²) < 4.78 is 75.9. The summed E-state index contributed by atoms with van der Waals surface area (Å²) >= 11 is 0. The highest BCUT2D eigenvalue weighted by atomic mass is 32.2. The third-order valence-corrected chi connectivity index (χ3v) is 7.11. The predicted octanol–water partition coefficient (Wildman–Crippen LogP) is 4.24. The molecule has 0 unspecified atom stereocenters. The van der Waals surface area contributed by atoms with E-state index in [0.717, 1.165) is 16.4 Å². The van der Waals surface area contributed by atoms with E-state index in [0.29, 0.717) is 34.8 Å². The molecule has 0 radical (unpaired) electrons. The van der Waals surface area contributed by atoms with Crippen molar-refractivity contribution in [1.29, 1.82) is 0 Å². The van der Waals surface area contributed by atoms with Crippen LogP contribution in [0.4, 0.5) is 18.9 Å². The van der Waals surface area contributed by atoms with Gasteiger partial charge in [-0.15, -0.1) is 0 Å². The van der Waals surface area contributed by atoms with E-state index in [4.69, 9.17) is 9.47 Å². The number of carbonyl (C=O) groups excluding carboxylic acids is 1. The van der Waals surface area contributed by atoms with Crippen molar-refractivity contribution in [2.24, 2.45) is 5.10 Å². The fourth-order valence-electron chi connectivity index (χ4n) is 3.38. The fraction of sp³-hybridized carbons (Fsp3) is 0.200. The summed E-state index contributed by atoms with van der Waals surface area (Å²) in [4.78, 5) is 12.0. The Morgan fingerprint density at radius 1 is 1.00 bits per heavy atom. The van der Waals surface area contributed by atoms with E-state index in [2.05, 4.69) is 10.5 Å². The number of hydrogen-bond donors (Lipinski definition) is 1. The van der Waals surface area contributed by atoms with E-state index >= 15 is 0 Å². The van der Waals surface area contributed by atoms with Gasteiger partial charge in [-0.2, -0.15) is 18.3 Å². The number of benzene rings is 3. The predicted molar refractivity (Wildman–Crippen MR) is 132 cm³/mol. The number of carbonyl (C=O) groups is 1. The van der Waals surface area contributed by atoms with Crippen molar-refractivity contribution < 1.29 is 35.9 Å². The van der Waals surface area contributed by atoms with Crippen LogP contribution < -0.4 is 19.2 Å². The number of halogens is 3. The Morgan fingerprint density at radius 2 is 1.65 bits per heavy atom. The first kappa shape index (κ1) is 27.5. The highest BCUT2D eigenvalue weighted by Gasteiger charge is 2.31. The van der Waals surface area contributed by atoms with Gasteiger partial charge in [0.05, 0.1) is 43.0 Å². The van der Waals surface area contributed by atoms with Crippen molar-refractivity contribution in [2.45, 2.75) is 17.5 Å². The number of hydrogen-bond acceptors (Lipinski definition) is 6. The smallest absolute Gasteiger partial charge is 0.416 e. The second kappa shape index (κ2) is 11.3. The Balaban J connectivity index is 1.74. The zero-order chi connectivity index (χ0) is 27.2. The van der Waals surface area contributed by atoms with Crippen LogP contribution in [0.1, 0.15) is 16.7 Å². The molecular formula is C25H24F3N3O5S. The lowest BCUT2D eigenvalue weighted by Gasteiger charge is -2.21. The molecule has 37 heavy (non-hydrogen) atoms. The lowest BCUT2D eigenvalue weighted by molar-refractivity contribution is -0.137. The van der Waals surface area contributed by atoms with Crippen LogP contribution in [0.5, 0.6) is 11.5 Å². The van der Waals surface area contributed by atoms with Crippen molar-refractivity contribution in [3.05, 3.63) is 83.4 Å². The summed E-state index contributed by atoms with van der Waals surface area (Å²) in [5, 5.41) is 3.92. The summed E-state index contributed by atoms with van der Waals surface area (Å²) in [6.07, 6.45) is -3.30. The van der Waals surface area contributed by atoms with Crippen molar-refractivity contribution in [3.63, 3.8) is 0 Å². The van der Waals surface area contributed by atoms with E-state index in [-0.39, 0.29) is 17.0 Å². The Hall–Kier alpha value is -4.06. The highest BCUT2D eigenvalue weighted by Crippen LogP contribution is 2.31. The number of anilines is 1. The van der Waals surface area contributed by atoms with Gasteiger partial charge >= 0.3 is 6.18 Å². The number of ether oxygens (including phenoxy) is 2. The standard InChI is InChI=1S/C25H24F3N3O5S/c1-31(37(33,34)20-11-9-19(10-12-20)25(26,27)28)21-7-5-4-6-18(21)16-29-30-24(32)15-17-8-13-22(35-2)23(14-17)36-3/h4-14,16H,15H2,1-3H3,(H,30,32)/b29-16-. The minimum absolute atomic E-state index is 0.00153. The van der Waals surface area contributed by atoms with Gasteiger partial charge in [0.15, 0.2) is 11.5 Å². The second-order valence-corrected chi connectivity index (χ2v) is 9.68. The molecule has 0 spiro atoms.